The van der Waals surface area contributed by atoms with E-state index in [1.54, 1.807) is 0 Å². The highest BCUT2D eigenvalue weighted by atomic mass is 16.5. The van der Waals surface area contributed by atoms with Crippen molar-refractivity contribution >= 4 is 5.57 Å². The van der Waals surface area contributed by atoms with Crippen LogP contribution >= 0.6 is 0 Å². The van der Waals surface area contributed by atoms with Gasteiger partial charge in [0, 0.05) is 0 Å². The molecule has 28 heavy (non-hydrogen) atoms. The zero-order valence-electron chi connectivity index (χ0n) is 18.9. The van der Waals surface area contributed by atoms with Crippen molar-refractivity contribution in [3.05, 3.63) is 36.4 Å². The standard InChI is InChI=1S/C27H46O/c1-4-5-6-7-8-9-10-11-12-13-14-15-16-17-18-19-24-28-27-22-20-26(21-23-27)25(2)3/h20-23H,2,4-19,24H2,1,3H3. The molecule has 1 heteroatoms. The molecule has 1 rings (SSSR count). The summed E-state index contributed by atoms with van der Waals surface area (Å²) in [6.07, 6.45) is 22.5. The van der Waals surface area contributed by atoms with E-state index < -0.39 is 0 Å². The Kier molecular flexibility index (Phi) is 15.8. The summed E-state index contributed by atoms with van der Waals surface area (Å²) in [6, 6.07) is 8.28. The number of rotatable bonds is 19. The van der Waals surface area contributed by atoms with E-state index in [2.05, 4.69) is 37.8 Å². The van der Waals surface area contributed by atoms with E-state index >= 15 is 0 Å². The Balaban J connectivity index is 1.79. The van der Waals surface area contributed by atoms with Crippen LogP contribution in [0, 0.1) is 0 Å². The average molecular weight is 387 g/mol. The Bertz CT molecular complexity index is 474. The minimum absolute atomic E-state index is 0.838. The van der Waals surface area contributed by atoms with Crippen molar-refractivity contribution in [2.45, 2.75) is 117 Å². The molecule has 0 aliphatic heterocycles. The van der Waals surface area contributed by atoms with Gasteiger partial charge in [-0.2, -0.15) is 0 Å². The number of hydrogen-bond acceptors (Lipinski definition) is 1. The van der Waals surface area contributed by atoms with E-state index in [1.807, 2.05) is 6.92 Å². The molecule has 0 radical (unpaired) electrons. The molecular formula is C27H46O. The molecule has 1 aromatic rings. The zero-order valence-corrected chi connectivity index (χ0v) is 18.9. The summed E-state index contributed by atoms with van der Waals surface area (Å²) >= 11 is 0. The van der Waals surface area contributed by atoms with Crippen LogP contribution in [0.3, 0.4) is 0 Å². The van der Waals surface area contributed by atoms with Crippen LogP contribution in [-0.2, 0) is 0 Å². The highest BCUT2D eigenvalue weighted by Gasteiger charge is 1.97. The Morgan fingerprint density at radius 3 is 1.43 bits per heavy atom. The van der Waals surface area contributed by atoms with Gasteiger partial charge in [-0.25, -0.2) is 0 Å². The molecule has 0 saturated heterocycles. The summed E-state index contributed by atoms with van der Waals surface area (Å²) in [5, 5.41) is 0. The lowest BCUT2D eigenvalue weighted by Crippen LogP contribution is -1.97. The summed E-state index contributed by atoms with van der Waals surface area (Å²) in [7, 11) is 0. The normalized spacial score (nSPS) is 10.9. The lowest BCUT2D eigenvalue weighted by atomic mass is 10.0. The fourth-order valence-corrected chi connectivity index (χ4v) is 3.68. The van der Waals surface area contributed by atoms with Gasteiger partial charge in [-0.1, -0.05) is 128 Å². The van der Waals surface area contributed by atoms with Crippen LogP contribution < -0.4 is 4.74 Å². The molecule has 1 aromatic carbocycles. The number of hydrogen-bond donors (Lipinski definition) is 0. The first-order chi connectivity index (χ1) is 13.7. The van der Waals surface area contributed by atoms with Crippen LogP contribution in [-0.4, -0.2) is 6.61 Å². The highest BCUT2D eigenvalue weighted by molar-refractivity contribution is 5.61. The van der Waals surface area contributed by atoms with Crippen LogP contribution in [0.25, 0.3) is 5.57 Å². The first kappa shape index (κ1) is 24.8. The maximum atomic E-state index is 5.83. The monoisotopic (exact) mass is 386 g/mol. The second-order valence-corrected chi connectivity index (χ2v) is 8.46. The molecular weight excluding hydrogens is 340 g/mol. The van der Waals surface area contributed by atoms with Gasteiger partial charge in [-0.05, 0) is 31.0 Å². The summed E-state index contributed by atoms with van der Waals surface area (Å²) in [4.78, 5) is 0. The van der Waals surface area contributed by atoms with Gasteiger partial charge in [-0.3, -0.25) is 0 Å². The first-order valence-electron chi connectivity index (χ1n) is 12.1. The van der Waals surface area contributed by atoms with Crippen molar-refractivity contribution < 1.29 is 4.74 Å². The average Bonchev–Trinajstić information content (AvgIpc) is 2.70. The van der Waals surface area contributed by atoms with E-state index in [1.165, 1.54) is 108 Å². The number of ether oxygens (including phenoxy) is 1. The van der Waals surface area contributed by atoms with Crippen LogP contribution in [0.5, 0.6) is 5.75 Å². The largest absolute Gasteiger partial charge is 0.494 e. The lowest BCUT2D eigenvalue weighted by molar-refractivity contribution is 0.304. The molecule has 0 N–H and O–H groups in total. The third kappa shape index (κ3) is 13.9. The molecule has 0 aliphatic carbocycles. The molecule has 0 atom stereocenters. The van der Waals surface area contributed by atoms with Crippen LogP contribution in [0.2, 0.25) is 0 Å². The molecule has 0 heterocycles. The van der Waals surface area contributed by atoms with Crippen LogP contribution in [0.15, 0.2) is 30.8 Å². The van der Waals surface area contributed by atoms with Gasteiger partial charge in [0.25, 0.3) is 0 Å². The number of allylic oxidation sites excluding steroid dienone is 1. The Morgan fingerprint density at radius 2 is 1.04 bits per heavy atom. The lowest BCUT2D eigenvalue weighted by Gasteiger charge is -2.07. The Labute approximate surface area is 176 Å². The predicted molar refractivity (Wildman–Crippen MR) is 126 cm³/mol. The highest BCUT2D eigenvalue weighted by Crippen LogP contribution is 2.18. The van der Waals surface area contributed by atoms with Gasteiger partial charge >= 0.3 is 0 Å². The third-order valence-electron chi connectivity index (χ3n) is 5.61. The van der Waals surface area contributed by atoms with E-state index in [9.17, 15) is 0 Å². The summed E-state index contributed by atoms with van der Waals surface area (Å²) in [5.41, 5.74) is 2.29. The third-order valence-corrected chi connectivity index (χ3v) is 5.61. The molecule has 0 fully saturated rings. The SMILES string of the molecule is C=C(C)c1ccc(OCCCCCCCCCCCCCCCCCC)cc1. The smallest absolute Gasteiger partial charge is 0.119 e. The van der Waals surface area contributed by atoms with E-state index in [4.69, 9.17) is 4.74 Å². The Hall–Kier alpha value is -1.24. The van der Waals surface area contributed by atoms with Gasteiger partial charge in [0.05, 0.1) is 6.61 Å². The molecule has 1 nitrogen and oxygen atoms in total. The minimum Gasteiger partial charge on any atom is -0.494 e. The second kappa shape index (κ2) is 17.8. The van der Waals surface area contributed by atoms with Gasteiger partial charge in [0.1, 0.15) is 5.75 Å². The van der Waals surface area contributed by atoms with Gasteiger partial charge in [-0.15, -0.1) is 0 Å². The maximum Gasteiger partial charge on any atom is 0.119 e. The van der Waals surface area contributed by atoms with E-state index in [0.717, 1.165) is 17.9 Å². The van der Waals surface area contributed by atoms with Crippen molar-refractivity contribution in [2.75, 3.05) is 6.61 Å². The number of unbranched alkanes of at least 4 members (excludes halogenated alkanes) is 15. The zero-order chi connectivity index (χ0) is 20.3. The molecule has 160 valence electrons. The number of benzene rings is 1. The topological polar surface area (TPSA) is 9.23 Å². The molecule has 0 spiro atoms. The van der Waals surface area contributed by atoms with Crippen molar-refractivity contribution in [2.24, 2.45) is 0 Å². The second-order valence-electron chi connectivity index (χ2n) is 8.46. The first-order valence-corrected chi connectivity index (χ1v) is 12.1. The fourth-order valence-electron chi connectivity index (χ4n) is 3.68. The van der Waals surface area contributed by atoms with Crippen molar-refractivity contribution in [3.8, 4) is 5.75 Å². The minimum atomic E-state index is 0.838. The molecule has 0 amide bonds. The van der Waals surface area contributed by atoms with Gasteiger partial charge in [0.2, 0.25) is 0 Å². The molecule has 0 aromatic heterocycles. The van der Waals surface area contributed by atoms with E-state index in [0.29, 0.717) is 0 Å². The van der Waals surface area contributed by atoms with Crippen molar-refractivity contribution in [1.82, 2.24) is 0 Å². The molecule has 0 aliphatic rings. The summed E-state index contributed by atoms with van der Waals surface area (Å²) < 4.78 is 5.83. The summed E-state index contributed by atoms with van der Waals surface area (Å²) in [5.74, 6) is 0.978. The van der Waals surface area contributed by atoms with Crippen LogP contribution in [0.1, 0.15) is 122 Å². The summed E-state index contributed by atoms with van der Waals surface area (Å²) in [6.45, 7) is 9.13. The van der Waals surface area contributed by atoms with Crippen LogP contribution in [0.4, 0.5) is 0 Å². The van der Waals surface area contributed by atoms with Crippen molar-refractivity contribution in [1.29, 1.82) is 0 Å². The quantitative estimate of drug-likeness (QED) is 0.215. The van der Waals surface area contributed by atoms with Gasteiger partial charge < -0.3 is 4.74 Å². The molecule has 0 unspecified atom stereocenters. The van der Waals surface area contributed by atoms with Gasteiger partial charge in [0.15, 0.2) is 0 Å². The van der Waals surface area contributed by atoms with E-state index in [-0.39, 0.29) is 0 Å². The maximum absolute atomic E-state index is 5.83. The predicted octanol–water partition coefficient (Wildman–Crippen LogP) is 9.36. The Morgan fingerprint density at radius 1 is 0.643 bits per heavy atom. The molecule has 0 bridgehead atoms. The fraction of sp³-hybridized carbons (Fsp3) is 0.704. The molecule has 0 saturated carbocycles. The van der Waals surface area contributed by atoms with Crippen molar-refractivity contribution in [3.63, 3.8) is 0 Å².